The van der Waals surface area contributed by atoms with Gasteiger partial charge in [-0.2, -0.15) is 10.2 Å². The Kier molecular flexibility index (Phi) is 5.10. The second kappa shape index (κ2) is 6.63. The normalized spacial score (nSPS) is 22.9. The van der Waals surface area contributed by atoms with E-state index in [0.29, 0.717) is 25.1 Å². The van der Waals surface area contributed by atoms with Crippen molar-refractivity contribution in [2.45, 2.75) is 39.4 Å². The molecule has 110 valence electrons. The van der Waals surface area contributed by atoms with Crippen LogP contribution in [0.5, 0.6) is 0 Å². The number of halogens is 1. The Morgan fingerprint density at radius 3 is 2.90 bits per heavy atom. The number of aryl methyl sites for hydroxylation is 2. The van der Waals surface area contributed by atoms with Crippen molar-refractivity contribution in [3.8, 4) is 0 Å². The third-order valence-corrected chi connectivity index (χ3v) is 4.07. The lowest BCUT2D eigenvalue weighted by molar-refractivity contribution is -0.0560. The molecule has 2 rings (SSSR count). The minimum atomic E-state index is 0.0287. The monoisotopic (exact) mass is 341 g/mol. The number of morpholine rings is 1. The van der Waals surface area contributed by atoms with E-state index in [1.807, 2.05) is 31.7 Å². The summed E-state index contributed by atoms with van der Waals surface area (Å²) >= 11 is 3.43. The van der Waals surface area contributed by atoms with Gasteiger partial charge < -0.3 is 9.64 Å². The van der Waals surface area contributed by atoms with E-state index in [4.69, 9.17) is 4.74 Å². The van der Waals surface area contributed by atoms with Crippen molar-refractivity contribution in [2.75, 3.05) is 18.4 Å². The molecule has 6 heteroatoms. The summed E-state index contributed by atoms with van der Waals surface area (Å²) in [6.07, 6.45) is 0.802. The van der Waals surface area contributed by atoms with Crippen molar-refractivity contribution in [1.82, 2.24) is 15.1 Å². The highest BCUT2D eigenvalue weighted by Crippen LogP contribution is 2.17. The number of carbonyl (C=O) groups excluding carboxylic acids is 1. The molecule has 0 aliphatic carbocycles. The van der Waals surface area contributed by atoms with Crippen LogP contribution in [0, 0.1) is 6.92 Å². The zero-order chi connectivity index (χ0) is 14.7. The fourth-order valence-corrected chi connectivity index (χ4v) is 2.78. The van der Waals surface area contributed by atoms with Crippen LogP contribution in [0.4, 0.5) is 0 Å². The molecule has 1 aliphatic heterocycles. The Balaban J connectivity index is 2.24. The highest BCUT2D eigenvalue weighted by molar-refractivity contribution is 9.09. The van der Waals surface area contributed by atoms with Crippen LogP contribution in [-0.2, 0) is 11.2 Å². The summed E-state index contributed by atoms with van der Waals surface area (Å²) in [5, 5.41) is 8.90. The minimum Gasteiger partial charge on any atom is -0.371 e. The molecule has 0 N–H and O–H groups in total. The molecule has 2 heterocycles. The molecule has 0 spiro atoms. The van der Waals surface area contributed by atoms with Gasteiger partial charge in [0.05, 0.1) is 29.2 Å². The Morgan fingerprint density at radius 1 is 1.50 bits per heavy atom. The first-order valence-electron chi connectivity index (χ1n) is 6.89. The van der Waals surface area contributed by atoms with Gasteiger partial charge in [0.2, 0.25) is 0 Å². The van der Waals surface area contributed by atoms with E-state index in [0.717, 1.165) is 16.7 Å². The van der Waals surface area contributed by atoms with Crippen LogP contribution in [-0.4, -0.2) is 51.6 Å². The molecule has 1 amide bonds. The van der Waals surface area contributed by atoms with E-state index in [2.05, 4.69) is 26.1 Å². The zero-order valence-electron chi connectivity index (χ0n) is 12.1. The lowest BCUT2D eigenvalue weighted by atomic mass is 10.1. The summed E-state index contributed by atoms with van der Waals surface area (Å²) in [5.41, 5.74) is 2.20. The smallest absolute Gasteiger partial charge is 0.256 e. The van der Waals surface area contributed by atoms with Gasteiger partial charge in [0, 0.05) is 18.4 Å². The number of alkyl halides is 1. The van der Waals surface area contributed by atoms with Gasteiger partial charge in [-0.25, -0.2) is 0 Å². The molecule has 2 atom stereocenters. The highest BCUT2D eigenvalue weighted by Gasteiger charge is 2.29. The van der Waals surface area contributed by atoms with Gasteiger partial charge in [0.1, 0.15) is 0 Å². The zero-order valence-corrected chi connectivity index (χ0v) is 13.7. The van der Waals surface area contributed by atoms with Crippen molar-refractivity contribution in [3.63, 3.8) is 0 Å². The number of hydrogen-bond donors (Lipinski definition) is 0. The molecule has 0 aromatic carbocycles. The molecule has 20 heavy (non-hydrogen) atoms. The van der Waals surface area contributed by atoms with Crippen molar-refractivity contribution < 1.29 is 9.53 Å². The third-order valence-electron chi connectivity index (χ3n) is 3.34. The summed E-state index contributed by atoms with van der Waals surface area (Å²) in [6.45, 7) is 7.06. The quantitative estimate of drug-likeness (QED) is 0.788. The van der Waals surface area contributed by atoms with Crippen molar-refractivity contribution in [1.29, 1.82) is 0 Å². The molecule has 1 aromatic rings. The van der Waals surface area contributed by atoms with Gasteiger partial charge in [-0.3, -0.25) is 4.79 Å². The molecule has 1 aliphatic rings. The fourth-order valence-electron chi connectivity index (χ4n) is 2.43. The third kappa shape index (κ3) is 3.35. The van der Waals surface area contributed by atoms with Gasteiger partial charge in [-0.05, 0) is 26.3 Å². The van der Waals surface area contributed by atoms with Gasteiger partial charge in [0.25, 0.3) is 5.91 Å². The molecule has 5 nitrogen and oxygen atoms in total. The van der Waals surface area contributed by atoms with E-state index in [1.165, 1.54) is 0 Å². The number of amides is 1. The summed E-state index contributed by atoms with van der Waals surface area (Å²) in [6, 6.07) is 1.83. The van der Waals surface area contributed by atoms with E-state index in [-0.39, 0.29) is 18.1 Å². The number of ether oxygens (including phenoxy) is 1. The Morgan fingerprint density at radius 2 is 2.25 bits per heavy atom. The van der Waals surface area contributed by atoms with Crippen LogP contribution < -0.4 is 0 Å². The van der Waals surface area contributed by atoms with Crippen LogP contribution in [0.1, 0.15) is 35.6 Å². The van der Waals surface area contributed by atoms with Crippen LogP contribution in [0.3, 0.4) is 0 Å². The predicted octanol–water partition coefficient (Wildman–Crippen LogP) is 1.97. The highest BCUT2D eigenvalue weighted by atomic mass is 79.9. The lowest BCUT2D eigenvalue weighted by Crippen LogP contribution is -2.50. The molecule has 0 radical (unpaired) electrons. The first-order valence-corrected chi connectivity index (χ1v) is 8.01. The fraction of sp³-hybridized carbons (Fsp3) is 0.643. The summed E-state index contributed by atoms with van der Waals surface area (Å²) in [4.78, 5) is 14.6. The molecule has 1 fully saturated rings. The average Bonchev–Trinajstić information content (AvgIpc) is 2.45. The minimum absolute atomic E-state index is 0.0287. The first kappa shape index (κ1) is 15.4. The summed E-state index contributed by atoms with van der Waals surface area (Å²) < 4.78 is 5.76. The van der Waals surface area contributed by atoms with Crippen molar-refractivity contribution in [3.05, 3.63) is 23.0 Å². The van der Waals surface area contributed by atoms with Crippen molar-refractivity contribution in [2.24, 2.45) is 0 Å². The van der Waals surface area contributed by atoms with Crippen molar-refractivity contribution >= 4 is 21.8 Å². The number of aromatic nitrogens is 2. The van der Waals surface area contributed by atoms with Gasteiger partial charge in [-0.1, -0.05) is 22.9 Å². The molecular formula is C14H20BrN3O2. The van der Waals surface area contributed by atoms with Crippen LogP contribution >= 0.6 is 15.9 Å². The van der Waals surface area contributed by atoms with Crippen LogP contribution in [0.15, 0.2) is 6.07 Å². The number of nitrogens with zero attached hydrogens (tertiary/aromatic N) is 3. The summed E-state index contributed by atoms with van der Waals surface area (Å²) in [7, 11) is 0. The lowest BCUT2D eigenvalue weighted by Gasteiger charge is -2.36. The van der Waals surface area contributed by atoms with Gasteiger partial charge >= 0.3 is 0 Å². The first-order chi connectivity index (χ1) is 9.55. The maximum Gasteiger partial charge on any atom is 0.256 e. The molecule has 2 unspecified atom stereocenters. The second-order valence-corrected chi connectivity index (χ2v) is 5.78. The maximum absolute atomic E-state index is 12.7. The van der Waals surface area contributed by atoms with E-state index >= 15 is 0 Å². The molecule has 0 saturated carbocycles. The predicted molar refractivity (Wildman–Crippen MR) is 80.2 cm³/mol. The standard InChI is InChI=1S/C14H20BrN3O2/c1-4-13-12(5-9(2)16-17-13)14(19)18-7-10(3)20-11(6-15)8-18/h5,10-11H,4,6-8H2,1-3H3. The Bertz CT molecular complexity index is 495. The topological polar surface area (TPSA) is 55.3 Å². The number of hydrogen-bond acceptors (Lipinski definition) is 4. The van der Waals surface area contributed by atoms with Crippen LogP contribution in [0.25, 0.3) is 0 Å². The maximum atomic E-state index is 12.7. The Hall–Kier alpha value is -1.01. The van der Waals surface area contributed by atoms with Gasteiger partial charge in [-0.15, -0.1) is 0 Å². The van der Waals surface area contributed by atoms with E-state index in [1.54, 1.807) is 0 Å². The molecule has 0 bridgehead atoms. The van der Waals surface area contributed by atoms with E-state index < -0.39 is 0 Å². The largest absolute Gasteiger partial charge is 0.371 e. The molecule has 1 aromatic heterocycles. The summed E-state index contributed by atoms with van der Waals surface area (Å²) in [5.74, 6) is 0.0287. The second-order valence-electron chi connectivity index (χ2n) is 5.13. The van der Waals surface area contributed by atoms with E-state index in [9.17, 15) is 4.79 Å². The van der Waals surface area contributed by atoms with Crippen LogP contribution in [0.2, 0.25) is 0 Å². The Labute approximate surface area is 127 Å². The number of carbonyl (C=O) groups is 1. The molecule has 1 saturated heterocycles. The molecular weight excluding hydrogens is 322 g/mol. The number of rotatable bonds is 3. The SMILES string of the molecule is CCc1nnc(C)cc1C(=O)N1CC(C)OC(CBr)C1. The van der Waals surface area contributed by atoms with Gasteiger partial charge in [0.15, 0.2) is 0 Å². The average molecular weight is 342 g/mol.